The van der Waals surface area contributed by atoms with Gasteiger partial charge in [-0.1, -0.05) is 0 Å². The number of H-pyrrole nitrogens is 2. The van der Waals surface area contributed by atoms with Crippen molar-refractivity contribution in [2.24, 2.45) is 11.3 Å². The van der Waals surface area contributed by atoms with Gasteiger partial charge in [-0.05, 0) is 24.8 Å². The average molecular weight is 307 g/mol. The molecule has 0 bridgehead atoms. The SMILES string of the molecule is Cc1c[nH]c(=O)c2c(C(=O)N3CC4CC4(C(F)F)C3)c[nH]c12. The molecule has 0 spiro atoms. The third kappa shape index (κ3) is 1.62. The van der Waals surface area contributed by atoms with Gasteiger partial charge < -0.3 is 14.9 Å². The predicted octanol–water partition coefficient (Wildman–Crippen LogP) is 1.89. The third-order valence-corrected chi connectivity index (χ3v) is 5.08. The normalized spacial score (nSPS) is 26.7. The van der Waals surface area contributed by atoms with Crippen molar-refractivity contribution in [2.45, 2.75) is 19.8 Å². The van der Waals surface area contributed by atoms with E-state index in [0.717, 1.165) is 5.56 Å². The number of carbonyl (C=O) groups excluding carboxylic acids is 1. The quantitative estimate of drug-likeness (QED) is 0.889. The van der Waals surface area contributed by atoms with Gasteiger partial charge in [0.2, 0.25) is 6.43 Å². The Morgan fingerprint density at radius 3 is 2.86 bits per heavy atom. The predicted molar refractivity (Wildman–Crippen MR) is 76.1 cm³/mol. The minimum atomic E-state index is -2.40. The summed E-state index contributed by atoms with van der Waals surface area (Å²) in [6, 6.07) is 0. The molecule has 1 saturated heterocycles. The first-order chi connectivity index (χ1) is 10.4. The first-order valence-corrected chi connectivity index (χ1v) is 7.21. The molecule has 2 aromatic heterocycles. The molecule has 2 aliphatic rings. The number of halogens is 2. The molecule has 5 nitrogen and oxygen atoms in total. The summed E-state index contributed by atoms with van der Waals surface area (Å²) in [6.45, 7) is 2.24. The number of hydrogen-bond donors (Lipinski definition) is 2. The van der Waals surface area contributed by atoms with Crippen LogP contribution in [0, 0.1) is 18.3 Å². The number of amides is 1. The molecule has 2 fully saturated rings. The maximum Gasteiger partial charge on any atom is 0.258 e. The lowest BCUT2D eigenvalue weighted by molar-refractivity contribution is 0.0488. The Labute approximate surface area is 124 Å². The zero-order valence-electron chi connectivity index (χ0n) is 12.0. The van der Waals surface area contributed by atoms with Gasteiger partial charge in [-0.25, -0.2) is 8.78 Å². The van der Waals surface area contributed by atoms with E-state index in [4.69, 9.17) is 0 Å². The molecule has 2 aromatic rings. The molecule has 1 aliphatic carbocycles. The van der Waals surface area contributed by atoms with E-state index in [0.29, 0.717) is 23.9 Å². The number of hydrogen-bond acceptors (Lipinski definition) is 2. The van der Waals surface area contributed by atoms with Gasteiger partial charge in [0.05, 0.1) is 21.9 Å². The van der Waals surface area contributed by atoms with Crippen molar-refractivity contribution in [3.05, 3.63) is 33.9 Å². The molecule has 0 aromatic carbocycles. The molecule has 22 heavy (non-hydrogen) atoms. The fourth-order valence-corrected chi connectivity index (χ4v) is 3.64. The number of rotatable bonds is 2. The Morgan fingerprint density at radius 2 is 2.18 bits per heavy atom. The molecule has 7 heteroatoms. The summed E-state index contributed by atoms with van der Waals surface area (Å²) < 4.78 is 26.2. The van der Waals surface area contributed by atoms with Crippen LogP contribution in [-0.4, -0.2) is 40.3 Å². The summed E-state index contributed by atoms with van der Waals surface area (Å²) in [5.74, 6) is -0.462. The van der Waals surface area contributed by atoms with Gasteiger partial charge in [0, 0.05) is 25.5 Å². The number of alkyl halides is 2. The van der Waals surface area contributed by atoms with Crippen molar-refractivity contribution in [1.29, 1.82) is 0 Å². The maximum atomic E-state index is 13.1. The molecule has 3 heterocycles. The van der Waals surface area contributed by atoms with E-state index in [9.17, 15) is 18.4 Å². The monoisotopic (exact) mass is 307 g/mol. The lowest BCUT2D eigenvalue weighted by Crippen LogP contribution is -2.33. The van der Waals surface area contributed by atoms with E-state index in [1.54, 1.807) is 6.20 Å². The second kappa shape index (κ2) is 4.18. The maximum absolute atomic E-state index is 13.1. The molecule has 1 amide bonds. The highest BCUT2D eigenvalue weighted by molar-refractivity contribution is 6.07. The topological polar surface area (TPSA) is 69.0 Å². The number of pyridine rings is 1. The van der Waals surface area contributed by atoms with Gasteiger partial charge in [0.25, 0.3) is 11.5 Å². The molecule has 116 valence electrons. The fourth-order valence-electron chi connectivity index (χ4n) is 3.64. The Kier molecular flexibility index (Phi) is 2.56. The summed E-state index contributed by atoms with van der Waals surface area (Å²) in [5.41, 5.74) is 0.329. The number of aryl methyl sites for hydroxylation is 1. The highest BCUT2D eigenvalue weighted by Gasteiger charge is 2.66. The fraction of sp³-hybridized carbons (Fsp3) is 0.467. The summed E-state index contributed by atoms with van der Waals surface area (Å²) in [4.78, 5) is 31.6. The third-order valence-electron chi connectivity index (χ3n) is 5.08. The average Bonchev–Trinajstić information content (AvgIpc) is 2.89. The summed E-state index contributed by atoms with van der Waals surface area (Å²) in [7, 11) is 0. The van der Waals surface area contributed by atoms with Crippen molar-refractivity contribution in [1.82, 2.24) is 14.9 Å². The molecule has 0 radical (unpaired) electrons. The lowest BCUT2D eigenvalue weighted by atomic mass is 10.1. The number of piperidine rings is 1. The van der Waals surface area contributed by atoms with Crippen molar-refractivity contribution in [3.8, 4) is 0 Å². The van der Waals surface area contributed by atoms with E-state index in [-0.39, 0.29) is 29.5 Å². The van der Waals surface area contributed by atoms with E-state index in [1.807, 2.05) is 6.92 Å². The van der Waals surface area contributed by atoms with E-state index >= 15 is 0 Å². The van der Waals surface area contributed by atoms with Gasteiger partial charge in [-0.15, -0.1) is 0 Å². The highest BCUT2D eigenvalue weighted by atomic mass is 19.3. The Bertz CT molecular complexity index is 841. The van der Waals surface area contributed by atoms with Gasteiger partial charge in [-0.2, -0.15) is 0 Å². The van der Waals surface area contributed by atoms with Crippen LogP contribution in [-0.2, 0) is 0 Å². The molecule has 2 N–H and O–H groups in total. The number of nitrogens with one attached hydrogen (secondary N) is 2. The van der Waals surface area contributed by atoms with Gasteiger partial charge in [0.1, 0.15) is 0 Å². The summed E-state index contributed by atoms with van der Waals surface area (Å²) in [5, 5.41) is 0.302. The second-order valence-electron chi connectivity index (χ2n) is 6.37. The molecule has 2 unspecified atom stereocenters. The van der Waals surface area contributed by atoms with Crippen LogP contribution in [0.4, 0.5) is 8.78 Å². The van der Waals surface area contributed by atoms with Crippen LogP contribution in [0.15, 0.2) is 17.2 Å². The Balaban J connectivity index is 1.71. The van der Waals surface area contributed by atoms with Crippen LogP contribution < -0.4 is 5.56 Å². The lowest BCUT2D eigenvalue weighted by Gasteiger charge is -2.20. The second-order valence-corrected chi connectivity index (χ2v) is 6.37. The number of aromatic nitrogens is 2. The van der Waals surface area contributed by atoms with Crippen molar-refractivity contribution >= 4 is 16.8 Å². The van der Waals surface area contributed by atoms with Gasteiger partial charge in [0.15, 0.2) is 0 Å². The molecule has 1 aliphatic heterocycles. The van der Waals surface area contributed by atoms with Crippen molar-refractivity contribution < 1.29 is 13.6 Å². The van der Waals surface area contributed by atoms with Gasteiger partial charge in [-0.3, -0.25) is 9.59 Å². The van der Waals surface area contributed by atoms with E-state index in [1.165, 1.54) is 11.1 Å². The Morgan fingerprint density at radius 1 is 1.41 bits per heavy atom. The van der Waals surface area contributed by atoms with E-state index in [2.05, 4.69) is 9.97 Å². The number of likely N-dealkylation sites (tertiary alicyclic amines) is 1. The first-order valence-electron chi connectivity index (χ1n) is 7.21. The van der Waals surface area contributed by atoms with Crippen molar-refractivity contribution in [2.75, 3.05) is 13.1 Å². The standard InChI is InChI=1S/C15H15F2N3O2/c1-7-3-19-12(21)10-9(4-18-11(7)10)13(22)20-5-8-2-15(8,6-20)14(16)17/h3-4,8,14,18H,2,5-6H2,1H3,(H,19,21). The van der Waals surface area contributed by atoms with Crippen LogP contribution in [0.3, 0.4) is 0 Å². The number of fused-ring (bicyclic) bond motifs is 2. The molecular weight excluding hydrogens is 292 g/mol. The highest BCUT2D eigenvalue weighted by Crippen LogP contribution is 2.61. The molecular formula is C15H15F2N3O2. The van der Waals surface area contributed by atoms with Crippen molar-refractivity contribution in [3.63, 3.8) is 0 Å². The molecule has 1 saturated carbocycles. The first kappa shape index (κ1) is 13.5. The zero-order valence-corrected chi connectivity index (χ0v) is 12.0. The van der Waals surface area contributed by atoms with Crippen LogP contribution in [0.25, 0.3) is 10.9 Å². The number of nitrogens with zero attached hydrogens (tertiary/aromatic N) is 1. The number of aromatic amines is 2. The summed E-state index contributed by atoms with van der Waals surface area (Å²) >= 11 is 0. The van der Waals surface area contributed by atoms with E-state index < -0.39 is 11.8 Å². The smallest absolute Gasteiger partial charge is 0.258 e. The van der Waals surface area contributed by atoms with Crippen LogP contribution in [0.1, 0.15) is 22.3 Å². The van der Waals surface area contributed by atoms with Crippen LogP contribution in [0.2, 0.25) is 0 Å². The number of carbonyl (C=O) groups is 1. The molecule has 2 atom stereocenters. The zero-order chi connectivity index (χ0) is 15.6. The minimum Gasteiger partial charge on any atom is -0.360 e. The van der Waals surface area contributed by atoms with Crippen LogP contribution >= 0.6 is 0 Å². The van der Waals surface area contributed by atoms with Crippen LogP contribution in [0.5, 0.6) is 0 Å². The largest absolute Gasteiger partial charge is 0.360 e. The Hall–Kier alpha value is -2.18. The van der Waals surface area contributed by atoms with Gasteiger partial charge >= 0.3 is 0 Å². The minimum absolute atomic E-state index is 0.0740. The molecule has 4 rings (SSSR count). The summed E-state index contributed by atoms with van der Waals surface area (Å²) in [6.07, 6.45) is 1.16.